The molecule has 0 amide bonds. The lowest BCUT2D eigenvalue weighted by atomic mass is 9.95. The van der Waals surface area contributed by atoms with Gasteiger partial charge in [-0.15, -0.1) is 0 Å². The first-order chi connectivity index (χ1) is 5.43. The van der Waals surface area contributed by atoms with Crippen LogP contribution >= 0.6 is 0 Å². The highest BCUT2D eigenvalue weighted by molar-refractivity contribution is 5.10. The van der Waals surface area contributed by atoms with Crippen molar-refractivity contribution in [1.29, 1.82) is 0 Å². The van der Waals surface area contributed by atoms with Crippen molar-refractivity contribution < 1.29 is 0 Å². The van der Waals surface area contributed by atoms with Crippen LogP contribution in [-0.4, -0.2) is 0 Å². The Hall–Kier alpha value is -0.260. The molecule has 0 aromatic rings. The third-order valence-electron chi connectivity index (χ3n) is 2.16. The first kappa shape index (κ1) is 11.7. The van der Waals surface area contributed by atoms with Gasteiger partial charge < -0.3 is 0 Å². The Morgan fingerprint density at radius 2 is 1.00 bits per heavy atom. The topological polar surface area (TPSA) is 0 Å². The van der Waals surface area contributed by atoms with E-state index in [9.17, 15) is 0 Å². The molecule has 0 heteroatoms. The monoisotopic (exact) mass is 168 g/mol. The second-order valence-corrected chi connectivity index (χ2v) is 4.76. The van der Waals surface area contributed by atoms with Crippen LogP contribution in [0.3, 0.4) is 0 Å². The minimum Gasteiger partial charge on any atom is -0.0741 e. The molecule has 0 saturated carbocycles. The summed E-state index contributed by atoms with van der Waals surface area (Å²) in [7, 11) is 0. The van der Waals surface area contributed by atoms with Crippen molar-refractivity contribution in [3.05, 3.63) is 11.1 Å². The zero-order valence-corrected chi connectivity index (χ0v) is 9.57. The fourth-order valence-electron chi connectivity index (χ4n) is 1.57. The molecule has 0 aromatic heterocycles. The molecule has 0 aliphatic heterocycles. The van der Waals surface area contributed by atoms with Gasteiger partial charge in [0.05, 0.1) is 0 Å². The van der Waals surface area contributed by atoms with Gasteiger partial charge in [0, 0.05) is 0 Å². The summed E-state index contributed by atoms with van der Waals surface area (Å²) in [6.07, 6.45) is 2.52. The molecule has 0 bridgehead atoms. The highest BCUT2D eigenvalue weighted by atomic mass is 14.1. The van der Waals surface area contributed by atoms with E-state index in [0.717, 1.165) is 11.8 Å². The minimum absolute atomic E-state index is 0.798. The Morgan fingerprint density at radius 3 is 1.17 bits per heavy atom. The van der Waals surface area contributed by atoms with E-state index in [0.29, 0.717) is 0 Å². The maximum Gasteiger partial charge on any atom is -0.0297 e. The zero-order valence-electron chi connectivity index (χ0n) is 9.57. The lowest BCUT2D eigenvalue weighted by Gasteiger charge is -2.11. The molecule has 0 heterocycles. The van der Waals surface area contributed by atoms with Crippen LogP contribution in [0.1, 0.15) is 54.4 Å². The van der Waals surface area contributed by atoms with Gasteiger partial charge in [-0.05, 0) is 38.5 Å². The first-order valence-electron chi connectivity index (χ1n) is 5.08. The summed E-state index contributed by atoms with van der Waals surface area (Å²) >= 11 is 0. The summed E-state index contributed by atoms with van der Waals surface area (Å²) in [5.74, 6) is 1.60. The van der Waals surface area contributed by atoms with Crippen molar-refractivity contribution >= 4 is 0 Å². The molecule has 12 heavy (non-hydrogen) atoms. The number of hydrogen-bond donors (Lipinski definition) is 0. The van der Waals surface area contributed by atoms with E-state index >= 15 is 0 Å². The van der Waals surface area contributed by atoms with E-state index in [-0.39, 0.29) is 0 Å². The number of allylic oxidation sites excluding steroid dienone is 2. The van der Waals surface area contributed by atoms with Crippen LogP contribution < -0.4 is 0 Å². The average Bonchev–Trinajstić information content (AvgIpc) is 1.84. The van der Waals surface area contributed by atoms with Crippen LogP contribution in [0.4, 0.5) is 0 Å². The van der Waals surface area contributed by atoms with Crippen molar-refractivity contribution in [3.63, 3.8) is 0 Å². The molecule has 0 atom stereocenters. The molecule has 0 spiro atoms. The molecule has 0 nitrogen and oxygen atoms in total. The predicted octanol–water partition coefficient (Wildman–Crippen LogP) is 4.42. The van der Waals surface area contributed by atoms with Crippen molar-refractivity contribution in [2.45, 2.75) is 54.4 Å². The van der Waals surface area contributed by atoms with Gasteiger partial charge in [0.15, 0.2) is 0 Å². The summed E-state index contributed by atoms with van der Waals surface area (Å²) in [4.78, 5) is 0. The van der Waals surface area contributed by atoms with E-state index in [1.807, 2.05) is 0 Å². The van der Waals surface area contributed by atoms with Crippen molar-refractivity contribution in [1.82, 2.24) is 0 Å². The summed E-state index contributed by atoms with van der Waals surface area (Å²) in [5.41, 5.74) is 3.19. The fourth-order valence-corrected chi connectivity index (χ4v) is 1.57. The van der Waals surface area contributed by atoms with Crippen LogP contribution in [0.2, 0.25) is 0 Å². The van der Waals surface area contributed by atoms with Gasteiger partial charge in [0.1, 0.15) is 0 Å². The van der Waals surface area contributed by atoms with Crippen molar-refractivity contribution in [2.24, 2.45) is 11.8 Å². The summed E-state index contributed by atoms with van der Waals surface area (Å²) in [6, 6.07) is 0. The summed E-state index contributed by atoms with van der Waals surface area (Å²) < 4.78 is 0. The number of rotatable bonds is 4. The van der Waals surface area contributed by atoms with Gasteiger partial charge >= 0.3 is 0 Å². The molecule has 0 fully saturated rings. The van der Waals surface area contributed by atoms with Crippen molar-refractivity contribution in [2.75, 3.05) is 0 Å². The molecule has 0 aliphatic rings. The van der Waals surface area contributed by atoms with Crippen LogP contribution in [-0.2, 0) is 0 Å². The second-order valence-electron chi connectivity index (χ2n) is 4.76. The Labute approximate surface area is 78.1 Å². The van der Waals surface area contributed by atoms with E-state index in [2.05, 4.69) is 41.5 Å². The minimum atomic E-state index is 0.798. The second kappa shape index (κ2) is 5.40. The summed E-state index contributed by atoms with van der Waals surface area (Å²) in [6.45, 7) is 13.7. The highest BCUT2D eigenvalue weighted by Gasteiger charge is 2.02. The van der Waals surface area contributed by atoms with Gasteiger partial charge in [-0.2, -0.15) is 0 Å². The smallest absolute Gasteiger partial charge is 0.0297 e. The molecule has 0 radical (unpaired) electrons. The Kier molecular flexibility index (Phi) is 5.28. The van der Waals surface area contributed by atoms with E-state index < -0.39 is 0 Å². The zero-order chi connectivity index (χ0) is 9.72. The maximum absolute atomic E-state index is 2.28. The predicted molar refractivity (Wildman–Crippen MR) is 57.3 cm³/mol. The van der Waals surface area contributed by atoms with Gasteiger partial charge in [0.25, 0.3) is 0 Å². The molecule has 72 valence electrons. The molecule has 0 aromatic carbocycles. The maximum atomic E-state index is 2.28. The van der Waals surface area contributed by atoms with Gasteiger partial charge in [0.2, 0.25) is 0 Å². The van der Waals surface area contributed by atoms with E-state index in [1.54, 1.807) is 11.1 Å². The highest BCUT2D eigenvalue weighted by Crippen LogP contribution is 2.19. The van der Waals surface area contributed by atoms with Crippen LogP contribution in [0.5, 0.6) is 0 Å². The molecular weight excluding hydrogens is 144 g/mol. The van der Waals surface area contributed by atoms with Gasteiger partial charge in [-0.1, -0.05) is 38.8 Å². The fraction of sp³-hybridized carbons (Fsp3) is 0.833. The Morgan fingerprint density at radius 1 is 0.750 bits per heavy atom. The molecule has 0 N–H and O–H groups in total. The largest absolute Gasteiger partial charge is 0.0741 e. The van der Waals surface area contributed by atoms with Crippen LogP contribution in [0, 0.1) is 11.8 Å². The Bertz CT molecular complexity index is 131. The SMILES string of the molecule is CC(CC(C)C)=C(C)CC(C)C. The number of hydrogen-bond acceptors (Lipinski definition) is 0. The molecule has 0 unspecified atom stereocenters. The van der Waals surface area contributed by atoms with E-state index in [1.165, 1.54) is 12.8 Å². The first-order valence-corrected chi connectivity index (χ1v) is 5.08. The Balaban J connectivity index is 4.06. The van der Waals surface area contributed by atoms with E-state index in [4.69, 9.17) is 0 Å². The van der Waals surface area contributed by atoms with Gasteiger partial charge in [-0.25, -0.2) is 0 Å². The third kappa shape index (κ3) is 5.40. The van der Waals surface area contributed by atoms with Crippen LogP contribution in [0.25, 0.3) is 0 Å². The quantitative estimate of drug-likeness (QED) is 0.545. The van der Waals surface area contributed by atoms with Crippen molar-refractivity contribution in [3.8, 4) is 0 Å². The third-order valence-corrected chi connectivity index (χ3v) is 2.16. The summed E-state index contributed by atoms with van der Waals surface area (Å²) in [5, 5.41) is 0. The van der Waals surface area contributed by atoms with Crippen LogP contribution in [0.15, 0.2) is 11.1 Å². The molecule has 0 rings (SSSR count). The molecule has 0 saturated heterocycles. The lowest BCUT2D eigenvalue weighted by molar-refractivity contribution is 0.608. The lowest BCUT2D eigenvalue weighted by Crippen LogP contribution is -1.95. The molecule has 0 aliphatic carbocycles. The standard InChI is InChI=1S/C12H24/c1-9(2)7-11(5)12(6)8-10(3)4/h9-10H,7-8H2,1-6H3. The molecular formula is C12H24. The normalized spacial score (nSPS) is 14.0. The van der Waals surface area contributed by atoms with Gasteiger partial charge in [-0.3, -0.25) is 0 Å². The average molecular weight is 168 g/mol.